The van der Waals surface area contributed by atoms with E-state index in [1.54, 1.807) is 30.3 Å². The van der Waals surface area contributed by atoms with Gasteiger partial charge in [0.25, 0.3) is 0 Å². The molecule has 0 amide bonds. The van der Waals surface area contributed by atoms with Gasteiger partial charge in [0.1, 0.15) is 0 Å². The number of halogens is 1. The molecule has 1 aliphatic heterocycles. The predicted octanol–water partition coefficient (Wildman–Crippen LogP) is 3.99. The molecule has 0 fully saturated rings. The summed E-state index contributed by atoms with van der Waals surface area (Å²) in [5.41, 5.74) is 3.04. The molecule has 0 radical (unpaired) electrons. The van der Waals surface area contributed by atoms with E-state index >= 15 is 0 Å². The molecule has 2 aromatic carbocycles. The van der Waals surface area contributed by atoms with Gasteiger partial charge in [0, 0.05) is 10.6 Å². The van der Waals surface area contributed by atoms with Crippen LogP contribution in [0.1, 0.15) is 16.7 Å². The van der Waals surface area contributed by atoms with Gasteiger partial charge in [-0.05, 0) is 36.8 Å². The fourth-order valence-corrected chi connectivity index (χ4v) is 2.16. The first kappa shape index (κ1) is 13.6. The van der Waals surface area contributed by atoms with Gasteiger partial charge in [-0.2, -0.15) is 0 Å². The van der Waals surface area contributed by atoms with Gasteiger partial charge < -0.3 is 4.74 Å². The van der Waals surface area contributed by atoms with E-state index < -0.39 is 5.97 Å². The summed E-state index contributed by atoms with van der Waals surface area (Å²) >= 11 is 5.93. The Bertz CT molecular complexity index is 761. The molecule has 0 aromatic heterocycles. The Balaban J connectivity index is 1.93. The molecule has 4 heteroatoms. The Kier molecular flexibility index (Phi) is 3.59. The van der Waals surface area contributed by atoms with Crippen LogP contribution in [0.15, 0.2) is 59.2 Å². The molecular formula is C17H12ClNO2. The molecule has 0 N–H and O–H groups in total. The topological polar surface area (TPSA) is 38.7 Å². The highest BCUT2D eigenvalue weighted by molar-refractivity contribution is 6.31. The third-order valence-corrected chi connectivity index (χ3v) is 3.31. The summed E-state index contributed by atoms with van der Waals surface area (Å²) in [5, 5.41) is 0.571. The fourth-order valence-electron chi connectivity index (χ4n) is 1.97. The summed E-state index contributed by atoms with van der Waals surface area (Å²) in [4.78, 5) is 16.1. The molecule has 3 rings (SSSR count). The second-order valence-corrected chi connectivity index (χ2v) is 5.19. The average molecular weight is 298 g/mol. The van der Waals surface area contributed by atoms with Gasteiger partial charge in [-0.3, -0.25) is 0 Å². The van der Waals surface area contributed by atoms with Crippen molar-refractivity contribution in [1.29, 1.82) is 0 Å². The molecule has 1 aliphatic rings. The fraction of sp³-hybridized carbons (Fsp3) is 0.0588. The third kappa shape index (κ3) is 3.03. The Morgan fingerprint density at radius 2 is 1.90 bits per heavy atom. The van der Waals surface area contributed by atoms with Crippen molar-refractivity contribution in [3.63, 3.8) is 0 Å². The van der Waals surface area contributed by atoms with Gasteiger partial charge in [0.05, 0.1) is 0 Å². The maximum atomic E-state index is 11.9. The standard InChI is InChI=1S/C17H12ClNO2/c1-11-5-7-12(8-6-11)9-15-17(20)21-16(19-15)13-3-2-4-14(18)10-13/h2-10H,1H3/b15-9-. The number of ether oxygens (including phenoxy) is 1. The van der Waals surface area contributed by atoms with Gasteiger partial charge in [-0.25, -0.2) is 9.79 Å². The van der Waals surface area contributed by atoms with Crippen LogP contribution in [0.25, 0.3) is 6.08 Å². The summed E-state index contributed by atoms with van der Waals surface area (Å²) in [6.45, 7) is 2.01. The van der Waals surface area contributed by atoms with Crippen LogP contribution >= 0.6 is 11.6 Å². The maximum Gasteiger partial charge on any atom is 0.363 e. The zero-order chi connectivity index (χ0) is 14.8. The maximum absolute atomic E-state index is 11.9. The Hall–Kier alpha value is -2.39. The molecule has 0 bridgehead atoms. The summed E-state index contributed by atoms with van der Waals surface area (Å²) in [5.74, 6) is -0.175. The van der Waals surface area contributed by atoms with E-state index in [0.29, 0.717) is 10.6 Å². The minimum Gasteiger partial charge on any atom is -0.402 e. The number of nitrogens with zero attached hydrogens (tertiary/aromatic N) is 1. The van der Waals surface area contributed by atoms with E-state index in [-0.39, 0.29) is 11.6 Å². The normalized spacial score (nSPS) is 16.0. The van der Waals surface area contributed by atoms with Crippen molar-refractivity contribution in [2.24, 2.45) is 4.99 Å². The van der Waals surface area contributed by atoms with Crippen molar-refractivity contribution < 1.29 is 9.53 Å². The number of rotatable bonds is 2. The number of aryl methyl sites for hydroxylation is 1. The molecule has 104 valence electrons. The SMILES string of the molecule is Cc1ccc(/C=C2\N=C(c3cccc(Cl)c3)OC2=O)cc1. The predicted molar refractivity (Wildman–Crippen MR) is 83.2 cm³/mol. The molecule has 1 heterocycles. The molecule has 0 spiro atoms. The van der Waals surface area contributed by atoms with Crippen molar-refractivity contribution >= 4 is 29.5 Å². The summed E-state index contributed by atoms with van der Waals surface area (Å²) in [7, 11) is 0. The number of carbonyl (C=O) groups is 1. The summed E-state index contributed by atoms with van der Waals surface area (Å²) < 4.78 is 5.20. The molecule has 0 unspecified atom stereocenters. The van der Waals surface area contributed by atoms with Gasteiger partial charge in [-0.15, -0.1) is 0 Å². The number of cyclic esters (lactones) is 1. The third-order valence-electron chi connectivity index (χ3n) is 3.07. The van der Waals surface area contributed by atoms with Crippen molar-refractivity contribution in [2.45, 2.75) is 6.92 Å². The lowest BCUT2D eigenvalue weighted by atomic mass is 10.1. The number of hydrogen-bond donors (Lipinski definition) is 0. The van der Waals surface area contributed by atoms with Crippen LogP contribution in [-0.2, 0) is 9.53 Å². The number of benzene rings is 2. The lowest BCUT2D eigenvalue weighted by Crippen LogP contribution is -2.05. The molecule has 3 nitrogen and oxygen atoms in total. The second-order valence-electron chi connectivity index (χ2n) is 4.76. The van der Waals surface area contributed by atoms with E-state index in [1.165, 1.54) is 0 Å². The smallest absolute Gasteiger partial charge is 0.363 e. The van der Waals surface area contributed by atoms with Crippen LogP contribution < -0.4 is 0 Å². The molecule has 0 saturated heterocycles. The minimum atomic E-state index is -0.453. The van der Waals surface area contributed by atoms with E-state index in [1.807, 2.05) is 31.2 Å². The monoisotopic (exact) mass is 297 g/mol. The Morgan fingerprint density at radius 1 is 1.14 bits per heavy atom. The van der Waals surface area contributed by atoms with E-state index in [9.17, 15) is 4.79 Å². The lowest BCUT2D eigenvalue weighted by Gasteiger charge is -1.98. The zero-order valence-corrected chi connectivity index (χ0v) is 12.1. The van der Waals surface area contributed by atoms with Crippen molar-refractivity contribution in [3.05, 3.63) is 75.9 Å². The molecule has 21 heavy (non-hydrogen) atoms. The quantitative estimate of drug-likeness (QED) is 0.621. The van der Waals surface area contributed by atoms with Crippen LogP contribution in [0.5, 0.6) is 0 Å². The lowest BCUT2D eigenvalue weighted by molar-refractivity contribution is -0.129. The molecule has 0 atom stereocenters. The number of aliphatic imine (C=N–C) groups is 1. The van der Waals surface area contributed by atoms with Crippen LogP contribution in [-0.4, -0.2) is 11.9 Å². The second kappa shape index (κ2) is 5.54. The van der Waals surface area contributed by atoms with Crippen LogP contribution in [0.4, 0.5) is 0 Å². The summed E-state index contributed by atoms with van der Waals surface area (Å²) in [6, 6.07) is 14.9. The minimum absolute atomic E-state index is 0.279. The van der Waals surface area contributed by atoms with E-state index in [2.05, 4.69) is 4.99 Å². The average Bonchev–Trinajstić information content (AvgIpc) is 2.83. The first-order valence-corrected chi connectivity index (χ1v) is 6.85. The molecule has 0 aliphatic carbocycles. The Labute approximate surface area is 127 Å². The molecular weight excluding hydrogens is 286 g/mol. The van der Waals surface area contributed by atoms with E-state index in [0.717, 1.165) is 11.1 Å². The highest BCUT2D eigenvalue weighted by Crippen LogP contribution is 2.21. The number of esters is 1. The molecule has 2 aromatic rings. The number of carbonyl (C=O) groups excluding carboxylic acids is 1. The van der Waals surface area contributed by atoms with Crippen molar-refractivity contribution in [3.8, 4) is 0 Å². The van der Waals surface area contributed by atoms with E-state index in [4.69, 9.17) is 16.3 Å². The first-order chi connectivity index (χ1) is 10.1. The van der Waals surface area contributed by atoms with Crippen molar-refractivity contribution in [1.82, 2.24) is 0 Å². The highest BCUT2D eigenvalue weighted by Gasteiger charge is 2.24. The summed E-state index contributed by atoms with van der Waals surface area (Å²) in [6.07, 6.45) is 1.71. The van der Waals surface area contributed by atoms with Crippen molar-refractivity contribution in [2.75, 3.05) is 0 Å². The van der Waals surface area contributed by atoms with Gasteiger partial charge in [0.15, 0.2) is 5.70 Å². The number of hydrogen-bond acceptors (Lipinski definition) is 3. The van der Waals surface area contributed by atoms with Crippen LogP contribution in [0, 0.1) is 6.92 Å². The van der Waals surface area contributed by atoms with Gasteiger partial charge in [-0.1, -0.05) is 47.5 Å². The zero-order valence-electron chi connectivity index (χ0n) is 11.3. The van der Waals surface area contributed by atoms with Gasteiger partial charge >= 0.3 is 5.97 Å². The largest absolute Gasteiger partial charge is 0.402 e. The van der Waals surface area contributed by atoms with Crippen LogP contribution in [0.2, 0.25) is 5.02 Å². The first-order valence-electron chi connectivity index (χ1n) is 6.47. The van der Waals surface area contributed by atoms with Gasteiger partial charge in [0.2, 0.25) is 5.90 Å². The Morgan fingerprint density at radius 3 is 2.62 bits per heavy atom. The molecule has 0 saturated carbocycles. The highest BCUT2D eigenvalue weighted by atomic mass is 35.5. The van der Waals surface area contributed by atoms with Crippen LogP contribution in [0.3, 0.4) is 0 Å².